The third kappa shape index (κ3) is 6.12. The molecule has 4 rings (SSSR count). The number of nitrogens with one attached hydrogen (secondary N) is 3. The third-order valence-corrected chi connectivity index (χ3v) is 5.25. The molecule has 3 aromatic carbocycles. The van der Waals surface area contributed by atoms with Crippen LogP contribution >= 0.6 is 0 Å². The topological polar surface area (TPSA) is 99.8 Å². The molecule has 1 aliphatic rings. The summed E-state index contributed by atoms with van der Waals surface area (Å²) < 4.78 is 43.7. The lowest BCUT2D eigenvalue weighted by molar-refractivity contribution is -0.137. The van der Waals surface area contributed by atoms with Gasteiger partial charge in [0, 0.05) is 35.7 Å². The number of anilines is 3. The lowest BCUT2D eigenvalue weighted by Gasteiger charge is -2.14. The molecule has 0 saturated carbocycles. The van der Waals surface area contributed by atoms with E-state index in [9.17, 15) is 27.6 Å². The Morgan fingerprint density at radius 2 is 1.67 bits per heavy atom. The van der Waals surface area contributed by atoms with Crippen LogP contribution in [0.25, 0.3) is 0 Å². The van der Waals surface area contributed by atoms with Crippen LogP contribution in [0.4, 0.5) is 35.0 Å². The van der Waals surface area contributed by atoms with Gasteiger partial charge in [0.05, 0.1) is 5.56 Å². The van der Waals surface area contributed by atoms with Crippen molar-refractivity contribution in [2.75, 3.05) is 35.2 Å². The highest BCUT2D eigenvalue weighted by atomic mass is 19.4. The van der Waals surface area contributed by atoms with Gasteiger partial charge in [-0.1, -0.05) is 6.07 Å². The minimum absolute atomic E-state index is 0.00201. The molecular weight excluding hydrogens is 477 g/mol. The molecule has 0 aromatic heterocycles. The Morgan fingerprint density at radius 3 is 2.31 bits per heavy atom. The number of nitrogens with zero attached hydrogens (tertiary/aromatic N) is 1. The smallest absolute Gasteiger partial charge is 0.416 e. The second kappa shape index (κ2) is 10.4. The molecule has 0 atom stereocenters. The lowest BCUT2D eigenvalue weighted by atomic mass is 10.2. The van der Waals surface area contributed by atoms with E-state index in [-0.39, 0.29) is 17.6 Å². The van der Waals surface area contributed by atoms with Gasteiger partial charge in [0.15, 0.2) is 6.61 Å². The van der Waals surface area contributed by atoms with Crippen molar-refractivity contribution < 1.29 is 32.3 Å². The van der Waals surface area contributed by atoms with Gasteiger partial charge in [0.25, 0.3) is 11.8 Å². The lowest BCUT2D eigenvalue weighted by Crippen LogP contribution is -2.27. The molecule has 1 fully saturated rings. The fourth-order valence-electron chi connectivity index (χ4n) is 3.47. The highest BCUT2D eigenvalue weighted by Gasteiger charge is 2.30. The van der Waals surface area contributed by atoms with E-state index in [2.05, 4.69) is 16.0 Å². The molecular formula is C25H21F3N4O4. The zero-order valence-electron chi connectivity index (χ0n) is 18.8. The molecule has 3 N–H and O–H groups in total. The molecule has 0 spiro atoms. The van der Waals surface area contributed by atoms with Crippen LogP contribution in [0, 0.1) is 0 Å². The summed E-state index contributed by atoms with van der Waals surface area (Å²) in [5, 5.41) is 7.83. The SMILES string of the molecule is O=C(COc1ccc(C(=O)Nc2ccc(N3CCNC3=O)cc2)cc1)Nc1cccc(C(F)(F)F)c1. The van der Waals surface area contributed by atoms with Crippen LogP contribution < -0.4 is 25.6 Å². The summed E-state index contributed by atoms with van der Waals surface area (Å²) in [6, 6.07) is 17.0. The number of benzene rings is 3. The Labute approximate surface area is 204 Å². The number of rotatable bonds is 7. The Bertz CT molecular complexity index is 1260. The highest BCUT2D eigenvalue weighted by Crippen LogP contribution is 2.30. The van der Waals surface area contributed by atoms with Crippen LogP contribution in [0.1, 0.15) is 15.9 Å². The van der Waals surface area contributed by atoms with Crippen molar-refractivity contribution >= 4 is 34.9 Å². The number of carbonyl (C=O) groups is 3. The third-order valence-electron chi connectivity index (χ3n) is 5.25. The van der Waals surface area contributed by atoms with Crippen molar-refractivity contribution in [3.05, 3.63) is 83.9 Å². The van der Waals surface area contributed by atoms with Gasteiger partial charge in [0.1, 0.15) is 5.75 Å². The zero-order chi connectivity index (χ0) is 25.7. The predicted octanol–water partition coefficient (Wildman–Crippen LogP) is 4.50. The van der Waals surface area contributed by atoms with E-state index in [0.29, 0.717) is 30.1 Å². The van der Waals surface area contributed by atoms with Gasteiger partial charge in [-0.2, -0.15) is 13.2 Å². The molecule has 0 radical (unpaired) electrons. The van der Waals surface area contributed by atoms with E-state index in [1.165, 1.54) is 36.4 Å². The first-order valence-electron chi connectivity index (χ1n) is 10.9. The summed E-state index contributed by atoms with van der Waals surface area (Å²) in [6.45, 7) is 0.729. The van der Waals surface area contributed by atoms with Crippen LogP contribution in [0.5, 0.6) is 5.75 Å². The number of hydrogen-bond donors (Lipinski definition) is 3. The van der Waals surface area contributed by atoms with E-state index < -0.39 is 24.3 Å². The summed E-state index contributed by atoms with van der Waals surface area (Å²) in [7, 11) is 0. The van der Waals surface area contributed by atoms with Crippen molar-refractivity contribution in [1.29, 1.82) is 0 Å². The highest BCUT2D eigenvalue weighted by molar-refractivity contribution is 6.04. The van der Waals surface area contributed by atoms with E-state index in [1.54, 1.807) is 29.2 Å². The van der Waals surface area contributed by atoms with Crippen LogP contribution in [-0.2, 0) is 11.0 Å². The molecule has 0 bridgehead atoms. The van der Waals surface area contributed by atoms with Crippen molar-refractivity contribution in [3.8, 4) is 5.75 Å². The molecule has 3 aromatic rings. The van der Waals surface area contributed by atoms with Gasteiger partial charge in [0.2, 0.25) is 0 Å². The molecule has 8 nitrogen and oxygen atoms in total. The van der Waals surface area contributed by atoms with E-state index >= 15 is 0 Å². The maximum Gasteiger partial charge on any atom is 0.416 e. The molecule has 1 aliphatic heterocycles. The van der Waals surface area contributed by atoms with Crippen LogP contribution in [-0.4, -0.2) is 37.5 Å². The van der Waals surface area contributed by atoms with E-state index in [0.717, 1.165) is 17.8 Å². The number of hydrogen-bond acceptors (Lipinski definition) is 4. The van der Waals surface area contributed by atoms with Crippen molar-refractivity contribution in [2.45, 2.75) is 6.18 Å². The maximum absolute atomic E-state index is 12.8. The summed E-state index contributed by atoms with van der Waals surface area (Å²) in [5.41, 5.74) is 0.752. The standard InChI is InChI=1S/C25H21F3N4O4/c26-25(27,28)17-2-1-3-19(14-17)30-22(33)15-36-21-10-4-16(5-11-21)23(34)31-18-6-8-20(9-7-18)32-13-12-29-24(32)35/h1-11,14H,12-13,15H2,(H,29,35)(H,30,33)(H,31,34). The number of carbonyl (C=O) groups excluding carboxylic acids is 3. The summed E-state index contributed by atoms with van der Waals surface area (Å²) in [6.07, 6.45) is -4.51. The Kier molecular flexibility index (Phi) is 7.09. The first-order chi connectivity index (χ1) is 17.2. The van der Waals surface area contributed by atoms with Crippen molar-refractivity contribution in [2.24, 2.45) is 0 Å². The van der Waals surface area contributed by atoms with Gasteiger partial charge in [-0.15, -0.1) is 0 Å². The molecule has 186 valence electrons. The van der Waals surface area contributed by atoms with Gasteiger partial charge in [-0.3, -0.25) is 14.5 Å². The number of halogens is 3. The average molecular weight is 498 g/mol. The molecule has 1 heterocycles. The average Bonchev–Trinajstić information content (AvgIpc) is 3.29. The minimum atomic E-state index is -4.51. The fourth-order valence-corrected chi connectivity index (χ4v) is 3.47. The van der Waals surface area contributed by atoms with Crippen LogP contribution in [0.15, 0.2) is 72.8 Å². The van der Waals surface area contributed by atoms with Gasteiger partial charge < -0.3 is 20.7 Å². The Hall–Kier alpha value is -4.54. The molecule has 11 heteroatoms. The zero-order valence-corrected chi connectivity index (χ0v) is 18.8. The second-order valence-corrected chi connectivity index (χ2v) is 7.82. The Morgan fingerprint density at radius 1 is 0.944 bits per heavy atom. The van der Waals surface area contributed by atoms with Gasteiger partial charge in [-0.05, 0) is 66.7 Å². The molecule has 0 aliphatic carbocycles. The normalized spacial score (nSPS) is 13.2. The van der Waals surface area contributed by atoms with Gasteiger partial charge in [-0.25, -0.2) is 4.79 Å². The maximum atomic E-state index is 12.8. The number of alkyl halides is 3. The number of ether oxygens (including phenoxy) is 1. The monoisotopic (exact) mass is 498 g/mol. The summed E-state index contributed by atoms with van der Waals surface area (Å²) in [4.78, 5) is 37.9. The minimum Gasteiger partial charge on any atom is -0.484 e. The van der Waals surface area contributed by atoms with Crippen LogP contribution in [0.3, 0.4) is 0 Å². The number of amides is 4. The first kappa shape index (κ1) is 24.6. The summed E-state index contributed by atoms with van der Waals surface area (Å²) >= 11 is 0. The molecule has 4 amide bonds. The van der Waals surface area contributed by atoms with Gasteiger partial charge >= 0.3 is 12.2 Å². The van der Waals surface area contributed by atoms with Crippen molar-refractivity contribution in [3.63, 3.8) is 0 Å². The fraction of sp³-hybridized carbons (Fsp3) is 0.160. The van der Waals surface area contributed by atoms with Crippen molar-refractivity contribution in [1.82, 2.24) is 5.32 Å². The van der Waals surface area contributed by atoms with E-state index in [4.69, 9.17) is 4.74 Å². The largest absolute Gasteiger partial charge is 0.484 e. The summed E-state index contributed by atoms with van der Waals surface area (Å²) in [5.74, 6) is -0.694. The van der Waals surface area contributed by atoms with Crippen LogP contribution in [0.2, 0.25) is 0 Å². The van der Waals surface area contributed by atoms with E-state index in [1.807, 2.05) is 0 Å². The second-order valence-electron chi connectivity index (χ2n) is 7.82. The first-order valence-corrected chi connectivity index (χ1v) is 10.9. The molecule has 36 heavy (non-hydrogen) atoms. The number of urea groups is 1. The quantitative estimate of drug-likeness (QED) is 0.447. The predicted molar refractivity (Wildman–Crippen MR) is 127 cm³/mol. The molecule has 0 unspecified atom stereocenters. The molecule has 1 saturated heterocycles. The Balaban J connectivity index is 1.27.